The summed E-state index contributed by atoms with van der Waals surface area (Å²) in [5.74, 6) is 0.971. The molecular formula is C28H25N3O3S. The lowest BCUT2D eigenvalue weighted by Crippen LogP contribution is -2.28. The minimum Gasteiger partial charge on any atom is -0.421 e. The van der Waals surface area contributed by atoms with Gasteiger partial charge in [-0.15, -0.1) is 10.2 Å². The van der Waals surface area contributed by atoms with Gasteiger partial charge in [0.25, 0.3) is 0 Å². The van der Waals surface area contributed by atoms with E-state index >= 15 is 0 Å². The molecule has 176 valence electrons. The zero-order valence-corrected chi connectivity index (χ0v) is 20.8. The Labute approximate surface area is 204 Å². The van der Waals surface area contributed by atoms with Gasteiger partial charge >= 0.3 is 0 Å². The van der Waals surface area contributed by atoms with Crippen molar-refractivity contribution < 1.29 is 12.8 Å². The molecule has 0 radical (unpaired) electrons. The monoisotopic (exact) mass is 483 g/mol. The van der Waals surface area contributed by atoms with E-state index in [-0.39, 0.29) is 0 Å². The molecule has 0 fully saturated rings. The average Bonchev–Trinajstić information content (AvgIpc) is 3.29. The topological polar surface area (TPSA) is 86.0 Å². The minimum atomic E-state index is -3.35. The maximum absolute atomic E-state index is 12.6. The molecule has 35 heavy (non-hydrogen) atoms. The van der Waals surface area contributed by atoms with Crippen LogP contribution in [0, 0.1) is 6.92 Å². The number of rotatable bonds is 5. The Balaban J connectivity index is 1.71. The third-order valence-corrected chi connectivity index (χ3v) is 8.58. The van der Waals surface area contributed by atoms with Crippen LogP contribution < -0.4 is 0 Å². The third-order valence-electron chi connectivity index (χ3n) is 6.50. The normalized spacial score (nSPS) is 12.2. The molecule has 2 aromatic heterocycles. The maximum atomic E-state index is 12.6. The number of hydrogen-bond donors (Lipinski definition) is 0. The van der Waals surface area contributed by atoms with Gasteiger partial charge < -0.3 is 4.42 Å². The highest BCUT2D eigenvalue weighted by Crippen LogP contribution is 2.38. The summed E-state index contributed by atoms with van der Waals surface area (Å²) in [5.41, 5.74) is 6.15. The summed E-state index contributed by atoms with van der Waals surface area (Å²) in [7, 11) is -3.35. The predicted molar refractivity (Wildman–Crippen MR) is 139 cm³/mol. The van der Waals surface area contributed by atoms with E-state index in [0.717, 1.165) is 44.3 Å². The van der Waals surface area contributed by atoms with Gasteiger partial charge in [0, 0.05) is 35.9 Å². The van der Waals surface area contributed by atoms with Gasteiger partial charge in [-0.25, -0.2) is 8.42 Å². The Hall–Kier alpha value is -3.84. The lowest BCUT2D eigenvalue weighted by molar-refractivity contribution is 0.533. The van der Waals surface area contributed by atoms with Crippen molar-refractivity contribution in [3.8, 4) is 33.7 Å². The van der Waals surface area contributed by atoms with Gasteiger partial charge in [0.1, 0.15) is 0 Å². The summed E-state index contributed by atoms with van der Waals surface area (Å²) in [4.78, 5) is 4.63. The molecule has 0 saturated carbocycles. The number of fused-ring (bicyclic) bond motifs is 1. The molecule has 0 spiro atoms. The number of aryl methyl sites for hydroxylation is 1. The van der Waals surface area contributed by atoms with Crippen molar-refractivity contribution >= 4 is 20.7 Å². The van der Waals surface area contributed by atoms with Gasteiger partial charge in [-0.3, -0.25) is 4.98 Å². The Morgan fingerprint density at radius 1 is 0.800 bits per heavy atom. The summed E-state index contributed by atoms with van der Waals surface area (Å²) < 4.78 is 29.9. The van der Waals surface area contributed by atoms with E-state index in [4.69, 9.17) is 4.42 Å². The van der Waals surface area contributed by atoms with Crippen LogP contribution in [0.5, 0.6) is 0 Å². The van der Waals surface area contributed by atoms with Gasteiger partial charge in [-0.05, 0) is 66.4 Å². The van der Waals surface area contributed by atoms with Crippen LogP contribution in [0.1, 0.15) is 25.3 Å². The predicted octanol–water partition coefficient (Wildman–Crippen LogP) is 6.21. The first-order valence-electron chi connectivity index (χ1n) is 11.2. The van der Waals surface area contributed by atoms with Crippen LogP contribution in [0.4, 0.5) is 0 Å². The van der Waals surface area contributed by atoms with E-state index in [9.17, 15) is 8.42 Å². The van der Waals surface area contributed by atoms with E-state index in [0.29, 0.717) is 11.8 Å². The van der Waals surface area contributed by atoms with Crippen molar-refractivity contribution in [3.63, 3.8) is 0 Å². The number of pyridine rings is 1. The van der Waals surface area contributed by atoms with E-state index in [1.807, 2.05) is 66.7 Å². The molecule has 0 aliphatic rings. The van der Waals surface area contributed by atoms with Gasteiger partial charge in [0.2, 0.25) is 11.8 Å². The number of sulfone groups is 1. The van der Waals surface area contributed by atoms with Crippen molar-refractivity contribution in [1.29, 1.82) is 0 Å². The van der Waals surface area contributed by atoms with E-state index in [1.165, 1.54) is 6.26 Å². The van der Waals surface area contributed by atoms with Crippen LogP contribution in [0.25, 0.3) is 44.6 Å². The highest BCUT2D eigenvalue weighted by atomic mass is 32.2. The number of nitrogens with zero attached hydrogens (tertiary/aromatic N) is 3. The standard InChI is InChI=1S/C28H25N3O3S/c1-18-30-31-27(34-18)24-13-6-5-12-23(24)19-9-7-10-20(15-19)25-17-22(28(2,3)35(4,32)33)16-21-11-8-14-29-26(21)25/h5-17H,1-4H3. The highest BCUT2D eigenvalue weighted by molar-refractivity contribution is 7.91. The lowest BCUT2D eigenvalue weighted by atomic mass is 9.91. The molecule has 0 unspecified atom stereocenters. The Morgan fingerprint density at radius 2 is 1.51 bits per heavy atom. The largest absolute Gasteiger partial charge is 0.421 e. The van der Waals surface area contributed by atoms with Crippen LogP contribution >= 0.6 is 0 Å². The van der Waals surface area contributed by atoms with Gasteiger partial charge in [0.15, 0.2) is 9.84 Å². The van der Waals surface area contributed by atoms with Crippen LogP contribution in [0.3, 0.4) is 0 Å². The van der Waals surface area contributed by atoms with Gasteiger partial charge in [-0.2, -0.15) is 0 Å². The molecule has 0 bridgehead atoms. The average molecular weight is 484 g/mol. The number of benzene rings is 3. The highest BCUT2D eigenvalue weighted by Gasteiger charge is 2.33. The lowest BCUT2D eigenvalue weighted by Gasteiger charge is -2.24. The van der Waals surface area contributed by atoms with Crippen molar-refractivity contribution in [2.24, 2.45) is 0 Å². The third kappa shape index (κ3) is 4.12. The second kappa shape index (κ2) is 8.43. The summed E-state index contributed by atoms with van der Waals surface area (Å²) in [6, 6.07) is 23.7. The molecule has 2 heterocycles. The first-order chi connectivity index (χ1) is 16.6. The SMILES string of the molecule is Cc1nnc(-c2ccccc2-c2cccc(-c3cc(C(C)(C)S(C)(=O)=O)cc4cccnc34)c2)o1. The van der Waals surface area contributed by atoms with Crippen molar-refractivity contribution in [2.45, 2.75) is 25.5 Å². The van der Waals surface area contributed by atoms with Crippen molar-refractivity contribution in [2.75, 3.05) is 6.26 Å². The summed E-state index contributed by atoms with van der Waals surface area (Å²) in [6.07, 6.45) is 3.03. The quantitative estimate of drug-likeness (QED) is 0.296. The van der Waals surface area contributed by atoms with Crippen LogP contribution in [-0.4, -0.2) is 29.9 Å². The van der Waals surface area contributed by atoms with E-state index < -0.39 is 14.6 Å². The van der Waals surface area contributed by atoms with Crippen LogP contribution in [-0.2, 0) is 14.6 Å². The fraction of sp³-hybridized carbons (Fsp3) is 0.179. The fourth-order valence-electron chi connectivity index (χ4n) is 4.16. The Bertz CT molecular complexity index is 1670. The molecule has 0 aliphatic carbocycles. The summed E-state index contributed by atoms with van der Waals surface area (Å²) in [5, 5.41) is 9.07. The summed E-state index contributed by atoms with van der Waals surface area (Å²) in [6.45, 7) is 5.24. The molecule has 6 nitrogen and oxygen atoms in total. The summed E-state index contributed by atoms with van der Waals surface area (Å²) >= 11 is 0. The Kier molecular flexibility index (Phi) is 5.52. The molecular weight excluding hydrogens is 458 g/mol. The fourth-order valence-corrected chi connectivity index (χ4v) is 4.70. The van der Waals surface area contributed by atoms with Crippen molar-refractivity contribution in [3.05, 3.63) is 90.4 Å². The maximum Gasteiger partial charge on any atom is 0.248 e. The molecule has 7 heteroatoms. The first kappa shape index (κ1) is 22.9. The number of hydrogen-bond acceptors (Lipinski definition) is 6. The van der Waals surface area contributed by atoms with Crippen LogP contribution in [0.2, 0.25) is 0 Å². The van der Waals surface area contributed by atoms with Crippen molar-refractivity contribution in [1.82, 2.24) is 15.2 Å². The van der Waals surface area contributed by atoms with E-state index in [1.54, 1.807) is 27.0 Å². The molecule has 0 N–H and O–H groups in total. The van der Waals surface area contributed by atoms with Gasteiger partial charge in [-0.1, -0.05) is 42.5 Å². The Morgan fingerprint density at radius 3 is 2.20 bits per heavy atom. The first-order valence-corrected chi connectivity index (χ1v) is 13.1. The minimum absolute atomic E-state index is 0.465. The molecule has 0 amide bonds. The second-order valence-corrected chi connectivity index (χ2v) is 11.7. The van der Waals surface area contributed by atoms with Gasteiger partial charge in [0.05, 0.1) is 10.3 Å². The molecule has 0 atom stereocenters. The zero-order chi connectivity index (χ0) is 24.8. The molecule has 5 rings (SSSR count). The van der Waals surface area contributed by atoms with E-state index in [2.05, 4.69) is 21.2 Å². The molecule has 0 aliphatic heterocycles. The number of aromatic nitrogens is 3. The molecule has 0 saturated heterocycles. The molecule has 3 aromatic carbocycles. The zero-order valence-electron chi connectivity index (χ0n) is 20.0. The smallest absolute Gasteiger partial charge is 0.248 e. The molecule has 5 aromatic rings. The van der Waals surface area contributed by atoms with Crippen LogP contribution in [0.15, 0.2) is 83.4 Å². The second-order valence-electron chi connectivity index (χ2n) is 9.13.